The predicted molar refractivity (Wildman–Crippen MR) is 104 cm³/mol. The van der Waals surface area contributed by atoms with E-state index in [-0.39, 0.29) is 23.5 Å². The number of allylic oxidation sites excluding steroid dienone is 2. The maximum atomic E-state index is 13.4. The Balaban J connectivity index is 2.08. The first-order valence-corrected chi connectivity index (χ1v) is 10.2. The molecule has 0 atom stereocenters. The summed E-state index contributed by atoms with van der Waals surface area (Å²) in [7, 11) is -3.54. The Kier molecular flexibility index (Phi) is 4.75. The zero-order valence-corrected chi connectivity index (χ0v) is 16.2. The van der Waals surface area contributed by atoms with Gasteiger partial charge in [0.2, 0.25) is 0 Å². The van der Waals surface area contributed by atoms with Crippen LogP contribution in [0.1, 0.15) is 25.0 Å². The number of aryl methyl sites for hydroxylation is 2. The molecule has 2 heterocycles. The summed E-state index contributed by atoms with van der Waals surface area (Å²) in [5.41, 5.74) is 3.16. The number of amidine groups is 1. The maximum absolute atomic E-state index is 13.4. The third-order valence-corrected chi connectivity index (χ3v) is 5.60. The van der Waals surface area contributed by atoms with E-state index in [0.717, 1.165) is 16.8 Å². The molecule has 0 aliphatic carbocycles. The molecule has 0 N–H and O–H groups in total. The molecule has 0 bridgehead atoms. The number of rotatable bonds is 3. The lowest BCUT2D eigenvalue weighted by atomic mass is 10.0. The number of sulfonamides is 1. The van der Waals surface area contributed by atoms with E-state index < -0.39 is 10.0 Å². The lowest BCUT2D eigenvalue weighted by molar-refractivity contribution is -0.115. The smallest absolute Gasteiger partial charge is 0.262 e. The van der Waals surface area contributed by atoms with Crippen molar-refractivity contribution in [2.24, 2.45) is 4.40 Å². The number of nitrogens with zero attached hydrogens (tertiary/aromatic N) is 3. The van der Waals surface area contributed by atoms with E-state index >= 15 is 0 Å². The molecule has 26 heavy (non-hydrogen) atoms. The summed E-state index contributed by atoms with van der Waals surface area (Å²) in [6.07, 6.45) is 5.15. The van der Waals surface area contributed by atoms with Crippen LogP contribution < -0.4 is 4.90 Å². The zero-order chi connectivity index (χ0) is 19.1. The summed E-state index contributed by atoms with van der Waals surface area (Å²) in [5, 5.41) is 0. The van der Waals surface area contributed by atoms with Crippen LogP contribution in [0.5, 0.6) is 0 Å². The Hall–Kier alpha value is -2.41. The van der Waals surface area contributed by atoms with E-state index in [9.17, 15) is 13.2 Å². The van der Waals surface area contributed by atoms with Gasteiger partial charge >= 0.3 is 0 Å². The van der Waals surface area contributed by atoms with E-state index in [2.05, 4.69) is 4.40 Å². The number of anilines is 1. The standard InChI is InChI=1S/C19H23N3O3S/c1-13(2)22(17-12-14(3)7-8-15(17)4)19(23)16-6-5-9-21-10-11-26(24,25)20-18(16)21/h5-9,12-13H,10-11H2,1-4H3. The fourth-order valence-electron chi connectivity index (χ4n) is 3.11. The molecule has 0 saturated heterocycles. The molecule has 0 spiro atoms. The summed E-state index contributed by atoms with van der Waals surface area (Å²) in [6, 6.07) is 5.87. The van der Waals surface area contributed by atoms with Crippen molar-refractivity contribution in [3.8, 4) is 0 Å². The van der Waals surface area contributed by atoms with Gasteiger partial charge in [0.25, 0.3) is 15.9 Å². The Labute approximate surface area is 154 Å². The second-order valence-corrected chi connectivity index (χ2v) is 8.63. The summed E-state index contributed by atoms with van der Waals surface area (Å²) < 4.78 is 27.8. The van der Waals surface area contributed by atoms with Gasteiger partial charge in [-0.25, -0.2) is 8.42 Å². The van der Waals surface area contributed by atoms with Crippen molar-refractivity contribution in [1.29, 1.82) is 0 Å². The first-order chi connectivity index (χ1) is 12.2. The van der Waals surface area contributed by atoms with Crippen molar-refractivity contribution in [3.63, 3.8) is 0 Å². The summed E-state index contributed by atoms with van der Waals surface area (Å²) in [4.78, 5) is 16.8. The molecule has 1 amide bonds. The van der Waals surface area contributed by atoms with Crippen LogP contribution in [0.3, 0.4) is 0 Å². The van der Waals surface area contributed by atoms with E-state index in [4.69, 9.17) is 0 Å². The molecule has 0 radical (unpaired) electrons. The number of hydrogen-bond donors (Lipinski definition) is 0. The minimum absolute atomic E-state index is 0.0484. The molecule has 3 rings (SSSR count). The molecule has 0 aromatic heterocycles. The van der Waals surface area contributed by atoms with Crippen LogP contribution in [-0.4, -0.2) is 43.4 Å². The van der Waals surface area contributed by atoms with Crippen molar-refractivity contribution >= 4 is 27.5 Å². The highest BCUT2D eigenvalue weighted by molar-refractivity contribution is 7.90. The van der Waals surface area contributed by atoms with Gasteiger partial charge in [-0.1, -0.05) is 12.1 Å². The van der Waals surface area contributed by atoms with Gasteiger partial charge in [0.05, 0.1) is 11.3 Å². The fraction of sp³-hybridized carbons (Fsp3) is 0.368. The summed E-state index contributed by atoms with van der Waals surface area (Å²) >= 11 is 0. The van der Waals surface area contributed by atoms with Crippen LogP contribution in [-0.2, 0) is 14.8 Å². The summed E-state index contributed by atoms with van der Waals surface area (Å²) in [6.45, 7) is 8.12. The first kappa shape index (κ1) is 18.4. The van der Waals surface area contributed by atoms with Crippen LogP contribution in [0, 0.1) is 13.8 Å². The van der Waals surface area contributed by atoms with Gasteiger partial charge in [-0.05, 0) is 57.0 Å². The Morgan fingerprint density at radius 1 is 1.27 bits per heavy atom. The molecule has 138 valence electrons. The Bertz CT molecular complexity index is 943. The molecule has 0 saturated carbocycles. The zero-order valence-electron chi connectivity index (χ0n) is 15.4. The van der Waals surface area contributed by atoms with Gasteiger partial charge in [0.1, 0.15) is 0 Å². The number of carbonyl (C=O) groups excluding carboxylic acids is 1. The van der Waals surface area contributed by atoms with Gasteiger partial charge in [-0.2, -0.15) is 0 Å². The average molecular weight is 373 g/mol. The first-order valence-electron chi connectivity index (χ1n) is 8.58. The molecule has 1 aromatic carbocycles. The molecule has 6 nitrogen and oxygen atoms in total. The molecule has 0 fully saturated rings. The number of amides is 1. The highest BCUT2D eigenvalue weighted by Gasteiger charge is 2.33. The highest BCUT2D eigenvalue weighted by Crippen LogP contribution is 2.27. The van der Waals surface area contributed by atoms with E-state index in [1.165, 1.54) is 0 Å². The molecular formula is C19H23N3O3S. The molecule has 2 aliphatic rings. The average Bonchev–Trinajstić information content (AvgIpc) is 2.56. The normalized spacial score (nSPS) is 18.3. The van der Waals surface area contributed by atoms with Crippen molar-refractivity contribution in [2.75, 3.05) is 17.2 Å². The molecule has 7 heteroatoms. The third kappa shape index (κ3) is 3.44. The lowest BCUT2D eigenvalue weighted by Crippen LogP contribution is -2.45. The lowest BCUT2D eigenvalue weighted by Gasteiger charge is -2.33. The van der Waals surface area contributed by atoms with Crippen LogP contribution in [0.25, 0.3) is 0 Å². The number of hydrogen-bond acceptors (Lipinski definition) is 4. The SMILES string of the molecule is Cc1ccc(C)c(N(C(=O)C2=CC=CN3CCS(=O)(=O)N=C23)C(C)C)c1. The predicted octanol–water partition coefficient (Wildman–Crippen LogP) is 2.54. The largest absolute Gasteiger partial charge is 0.331 e. The topological polar surface area (TPSA) is 70.1 Å². The number of carbonyl (C=O) groups is 1. The van der Waals surface area contributed by atoms with E-state index in [0.29, 0.717) is 12.1 Å². The minimum atomic E-state index is -3.54. The van der Waals surface area contributed by atoms with Crippen molar-refractivity contribution in [3.05, 3.63) is 53.3 Å². The second-order valence-electron chi connectivity index (χ2n) is 6.88. The molecule has 2 aliphatic heterocycles. The Morgan fingerprint density at radius 3 is 2.69 bits per heavy atom. The van der Waals surface area contributed by atoms with Crippen LogP contribution in [0.4, 0.5) is 5.69 Å². The van der Waals surface area contributed by atoms with Gasteiger partial charge in [0.15, 0.2) is 5.84 Å². The number of benzene rings is 1. The van der Waals surface area contributed by atoms with Gasteiger partial charge in [-0.15, -0.1) is 4.40 Å². The second kappa shape index (κ2) is 6.72. The monoisotopic (exact) mass is 373 g/mol. The fourth-order valence-corrected chi connectivity index (χ4v) is 4.10. The maximum Gasteiger partial charge on any atom is 0.262 e. The minimum Gasteiger partial charge on any atom is -0.331 e. The highest BCUT2D eigenvalue weighted by atomic mass is 32.2. The van der Waals surface area contributed by atoms with E-state index in [1.807, 2.05) is 45.9 Å². The molecule has 0 unspecified atom stereocenters. The Morgan fingerprint density at radius 2 is 2.00 bits per heavy atom. The summed E-state index contributed by atoms with van der Waals surface area (Å²) in [5.74, 6) is -0.0914. The third-order valence-electron chi connectivity index (χ3n) is 4.45. The van der Waals surface area contributed by atoms with Crippen molar-refractivity contribution in [2.45, 2.75) is 33.7 Å². The van der Waals surface area contributed by atoms with E-state index in [1.54, 1.807) is 28.2 Å². The van der Waals surface area contributed by atoms with Crippen LogP contribution in [0.15, 0.2) is 46.5 Å². The van der Waals surface area contributed by atoms with Crippen molar-refractivity contribution < 1.29 is 13.2 Å². The molecule has 1 aromatic rings. The number of fused-ring (bicyclic) bond motifs is 1. The van der Waals surface area contributed by atoms with Gasteiger partial charge in [0, 0.05) is 24.5 Å². The van der Waals surface area contributed by atoms with Gasteiger partial charge in [-0.3, -0.25) is 4.79 Å². The van der Waals surface area contributed by atoms with Crippen molar-refractivity contribution in [1.82, 2.24) is 4.90 Å². The molecular weight excluding hydrogens is 350 g/mol. The van der Waals surface area contributed by atoms with Crippen LogP contribution >= 0.6 is 0 Å². The van der Waals surface area contributed by atoms with Crippen LogP contribution in [0.2, 0.25) is 0 Å². The van der Waals surface area contributed by atoms with Gasteiger partial charge < -0.3 is 9.80 Å². The quantitative estimate of drug-likeness (QED) is 0.816.